The number of nitro groups is 1. The quantitative estimate of drug-likeness (QED) is 0.201. The van der Waals surface area contributed by atoms with E-state index in [9.17, 15) is 24.8 Å². The maximum absolute atomic E-state index is 13.0. The third-order valence-corrected chi connectivity index (χ3v) is 5.18. The molecule has 3 rings (SSSR count). The first-order valence-electron chi connectivity index (χ1n) is 10.6. The van der Waals surface area contributed by atoms with Gasteiger partial charge < -0.3 is 19.5 Å². The highest BCUT2D eigenvalue weighted by Crippen LogP contribution is 2.39. The SMILES string of the molecule is CCOc1ccc(C2/C(=C(/O)c3ccc([N+](=O)[O-])cc3)C(=O)C(=O)N2CCOC(C)C)cc1. The number of aliphatic hydroxyl groups excluding tert-OH is 1. The second kappa shape index (κ2) is 10.3. The lowest BCUT2D eigenvalue weighted by Crippen LogP contribution is -2.33. The molecular weight excluding hydrogens is 428 g/mol. The minimum absolute atomic E-state index is 0.0501. The van der Waals surface area contributed by atoms with Crippen molar-refractivity contribution in [1.82, 2.24) is 4.90 Å². The normalized spacial score (nSPS) is 17.6. The smallest absolute Gasteiger partial charge is 0.295 e. The topological polar surface area (TPSA) is 119 Å². The van der Waals surface area contributed by atoms with E-state index in [0.717, 1.165) is 0 Å². The van der Waals surface area contributed by atoms with E-state index in [-0.39, 0.29) is 36.1 Å². The fourth-order valence-corrected chi connectivity index (χ4v) is 3.65. The Kier molecular flexibility index (Phi) is 7.44. The van der Waals surface area contributed by atoms with E-state index in [1.807, 2.05) is 20.8 Å². The van der Waals surface area contributed by atoms with Crippen molar-refractivity contribution in [2.45, 2.75) is 32.9 Å². The number of ether oxygens (including phenoxy) is 2. The van der Waals surface area contributed by atoms with E-state index in [1.54, 1.807) is 24.3 Å². The predicted octanol–water partition coefficient (Wildman–Crippen LogP) is 3.84. The van der Waals surface area contributed by atoms with Crippen LogP contribution in [0.15, 0.2) is 54.1 Å². The predicted molar refractivity (Wildman–Crippen MR) is 121 cm³/mol. The number of aliphatic hydroxyl groups is 1. The first-order chi connectivity index (χ1) is 15.7. The third kappa shape index (κ3) is 5.20. The molecule has 1 N–H and O–H groups in total. The Labute approximate surface area is 191 Å². The molecule has 9 heteroatoms. The molecule has 1 amide bonds. The lowest BCUT2D eigenvalue weighted by atomic mass is 9.95. The average molecular weight is 454 g/mol. The van der Waals surface area contributed by atoms with Crippen molar-refractivity contribution in [3.8, 4) is 5.75 Å². The molecule has 0 saturated carbocycles. The van der Waals surface area contributed by atoms with Crippen LogP contribution < -0.4 is 4.74 Å². The van der Waals surface area contributed by atoms with Crippen LogP contribution in [0.2, 0.25) is 0 Å². The molecule has 2 aromatic carbocycles. The summed E-state index contributed by atoms with van der Waals surface area (Å²) in [7, 11) is 0. The van der Waals surface area contributed by atoms with Crippen LogP contribution in [-0.2, 0) is 14.3 Å². The number of rotatable bonds is 9. The van der Waals surface area contributed by atoms with Gasteiger partial charge in [0.1, 0.15) is 11.5 Å². The molecule has 1 atom stereocenters. The highest BCUT2D eigenvalue weighted by atomic mass is 16.6. The van der Waals surface area contributed by atoms with Crippen LogP contribution in [0.3, 0.4) is 0 Å². The summed E-state index contributed by atoms with van der Waals surface area (Å²) in [6.07, 6.45) is -0.0501. The minimum atomic E-state index is -0.841. The Balaban J connectivity index is 2.06. The van der Waals surface area contributed by atoms with Gasteiger partial charge in [-0.25, -0.2) is 0 Å². The van der Waals surface area contributed by atoms with Crippen LogP contribution in [0.1, 0.15) is 37.9 Å². The Morgan fingerprint density at radius 3 is 2.30 bits per heavy atom. The molecule has 1 heterocycles. The zero-order valence-corrected chi connectivity index (χ0v) is 18.7. The highest BCUT2D eigenvalue weighted by molar-refractivity contribution is 6.46. The van der Waals surface area contributed by atoms with Crippen LogP contribution in [-0.4, -0.2) is 52.5 Å². The lowest BCUT2D eigenvalue weighted by molar-refractivity contribution is -0.384. The van der Waals surface area contributed by atoms with Gasteiger partial charge in [-0.05, 0) is 50.6 Å². The lowest BCUT2D eigenvalue weighted by Gasteiger charge is -2.25. The van der Waals surface area contributed by atoms with Crippen LogP contribution >= 0.6 is 0 Å². The number of hydrogen-bond acceptors (Lipinski definition) is 7. The van der Waals surface area contributed by atoms with Gasteiger partial charge in [0, 0.05) is 24.2 Å². The number of benzene rings is 2. The Hall–Kier alpha value is -3.72. The van der Waals surface area contributed by atoms with Gasteiger partial charge in [0.2, 0.25) is 0 Å². The number of Topliss-reactive ketones (excluding diaryl/α,β-unsaturated/α-hetero) is 1. The summed E-state index contributed by atoms with van der Waals surface area (Å²) in [5.41, 5.74) is 0.585. The van der Waals surface area contributed by atoms with E-state index in [1.165, 1.54) is 29.2 Å². The number of nitro benzene ring substituents is 1. The van der Waals surface area contributed by atoms with Crippen molar-refractivity contribution in [3.05, 3.63) is 75.3 Å². The van der Waals surface area contributed by atoms with Crippen LogP contribution in [0.25, 0.3) is 5.76 Å². The van der Waals surface area contributed by atoms with Crippen LogP contribution in [0.5, 0.6) is 5.75 Å². The number of carbonyl (C=O) groups excluding carboxylic acids is 2. The molecule has 0 spiro atoms. The second-order valence-corrected chi connectivity index (χ2v) is 7.72. The summed E-state index contributed by atoms with van der Waals surface area (Å²) in [5.74, 6) is -1.33. The summed E-state index contributed by atoms with van der Waals surface area (Å²) in [6, 6.07) is 11.2. The fourth-order valence-electron chi connectivity index (χ4n) is 3.65. The van der Waals surface area contributed by atoms with Crippen molar-refractivity contribution in [1.29, 1.82) is 0 Å². The van der Waals surface area contributed by atoms with E-state index in [4.69, 9.17) is 9.47 Å². The van der Waals surface area contributed by atoms with Crippen molar-refractivity contribution in [2.75, 3.05) is 19.8 Å². The number of amides is 1. The zero-order chi connectivity index (χ0) is 24.1. The molecule has 1 aliphatic heterocycles. The third-order valence-electron chi connectivity index (χ3n) is 5.18. The highest BCUT2D eigenvalue weighted by Gasteiger charge is 2.45. The van der Waals surface area contributed by atoms with Gasteiger partial charge in [0.05, 0.1) is 35.9 Å². The summed E-state index contributed by atoms with van der Waals surface area (Å²) in [5, 5.41) is 21.9. The minimum Gasteiger partial charge on any atom is -0.507 e. The Morgan fingerprint density at radius 1 is 1.12 bits per heavy atom. The standard InChI is InChI=1S/C24H26N2O7/c1-4-32-19-11-7-16(8-12-19)21-20(22(27)17-5-9-18(10-6-17)26(30)31)23(28)24(29)25(21)13-14-33-15(2)3/h5-12,15,21,27H,4,13-14H2,1-3H3/b22-20-. The van der Waals surface area contributed by atoms with E-state index < -0.39 is 28.4 Å². The first kappa shape index (κ1) is 23.9. The van der Waals surface area contributed by atoms with Gasteiger partial charge in [-0.2, -0.15) is 0 Å². The van der Waals surface area contributed by atoms with Crippen molar-refractivity contribution in [2.24, 2.45) is 0 Å². The second-order valence-electron chi connectivity index (χ2n) is 7.72. The number of carbonyl (C=O) groups is 2. The zero-order valence-electron chi connectivity index (χ0n) is 18.7. The molecule has 1 aliphatic rings. The van der Waals surface area contributed by atoms with Gasteiger partial charge in [0.15, 0.2) is 0 Å². The van der Waals surface area contributed by atoms with E-state index >= 15 is 0 Å². The molecule has 1 fully saturated rings. The van der Waals surface area contributed by atoms with Crippen molar-refractivity contribution < 1.29 is 29.1 Å². The number of likely N-dealkylation sites (tertiary alicyclic amines) is 1. The summed E-state index contributed by atoms with van der Waals surface area (Å²) < 4.78 is 11.0. The number of hydrogen-bond donors (Lipinski definition) is 1. The van der Waals surface area contributed by atoms with Crippen molar-refractivity contribution in [3.63, 3.8) is 0 Å². The number of ketones is 1. The Bertz CT molecular complexity index is 1060. The van der Waals surface area contributed by atoms with Gasteiger partial charge in [0.25, 0.3) is 17.4 Å². The average Bonchev–Trinajstić information content (AvgIpc) is 3.04. The molecule has 0 aliphatic carbocycles. The van der Waals surface area contributed by atoms with Crippen LogP contribution in [0.4, 0.5) is 5.69 Å². The monoisotopic (exact) mass is 454 g/mol. The molecule has 2 aromatic rings. The molecular formula is C24H26N2O7. The molecule has 0 radical (unpaired) electrons. The van der Waals surface area contributed by atoms with E-state index in [0.29, 0.717) is 17.9 Å². The maximum Gasteiger partial charge on any atom is 0.295 e. The largest absolute Gasteiger partial charge is 0.507 e. The molecule has 1 saturated heterocycles. The molecule has 174 valence electrons. The van der Waals surface area contributed by atoms with Gasteiger partial charge in [-0.3, -0.25) is 19.7 Å². The van der Waals surface area contributed by atoms with Gasteiger partial charge in [-0.15, -0.1) is 0 Å². The van der Waals surface area contributed by atoms with E-state index in [2.05, 4.69) is 0 Å². The molecule has 1 unspecified atom stereocenters. The summed E-state index contributed by atoms with van der Waals surface area (Å²) in [4.78, 5) is 37.6. The molecule has 9 nitrogen and oxygen atoms in total. The number of nitrogens with zero attached hydrogens (tertiary/aromatic N) is 2. The Morgan fingerprint density at radius 2 is 1.76 bits per heavy atom. The molecule has 33 heavy (non-hydrogen) atoms. The van der Waals surface area contributed by atoms with Gasteiger partial charge in [-0.1, -0.05) is 12.1 Å². The fraction of sp³-hybridized carbons (Fsp3) is 0.333. The summed E-state index contributed by atoms with van der Waals surface area (Å²) in [6.45, 7) is 6.46. The molecule has 0 aromatic heterocycles. The first-order valence-corrected chi connectivity index (χ1v) is 10.6. The number of non-ortho nitro benzene ring substituents is 1. The van der Waals surface area contributed by atoms with Gasteiger partial charge >= 0.3 is 0 Å². The molecule has 0 bridgehead atoms. The van der Waals surface area contributed by atoms with Crippen molar-refractivity contribution >= 4 is 23.1 Å². The maximum atomic E-state index is 13.0. The van der Waals surface area contributed by atoms with Crippen LogP contribution in [0, 0.1) is 10.1 Å². The summed E-state index contributed by atoms with van der Waals surface area (Å²) >= 11 is 0.